The Bertz CT molecular complexity index is 1210. The molecule has 1 spiro atoms. The molecule has 2 aromatic rings. The second kappa shape index (κ2) is 9.96. The fourth-order valence-electron chi connectivity index (χ4n) is 4.93. The molecule has 0 radical (unpaired) electrons. The van der Waals surface area contributed by atoms with Gasteiger partial charge in [0.15, 0.2) is 0 Å². The van der Waals surface area contributed by atoms with Crippen molar-refractivity contribution in [1.82, 2.24) is 14.7 Å². The number of amides is 2. The van der Waals surface area contributed by atoms with Gasteiger partial charge in [-0.15, -0.1) is 0 Å². The monoisotopic (exact) mass is 526 g/mol. The molecule has 0 saturated carbocycles. The number of rotatable bonds is 3. The van der Waals surface area contributed by atoms with Crippen molar-refractivity contribution in [3.8, 4) is 16.9 Å². The van der Waals surface area contributed by atoms with Crippen molar-refractivity contribution < 1.29 is 28.6 Å². The minimum atomic E-state index is -0.630. The summed E-state index contributed by atoms with van der Waals surface area (Å²) in [7, 11) is 1.57. The van der Waals surface area contributed by atoms with Crippen LogP contribution in [0.1, 0.15) is 60.8 Å². The number of hydrogen-bond acceptors (Lipinski definition) is 7. The highest BCUT2D eigenvalue weighted by atomic mass is 16.6. The predicted octanol–water partition coefficient (Wildman–Crippen LogP) is 5.10. The predicted molar refractivity (Wildman–Crippen MR) is 142 cm³/mol. The molecule has 2 amide bonds. The number of nitrogens with zero attached hydrogens (tertiary/aromatic N) is 4. The molecule has 4 rings (SSSR count). The van der Waals surface area contributed by atoms with E-state index in [0.717, 1.165) is 22.4 Å². The van der Waals surface area contributed by atoms with Crippen LogP contribution in [0, 0.1) is 5.41 Å². The molecular weight excluding hydrogens is 488 g/mol. The molecule has 2 saturated heterocycles. The number of hydrogen-bond donors (Lipinski definition) is 0. The van der Waals surface area contributed by atoms with Gasteiger partial charge in [-0.05, 0) is 72.9 Å². The molecule has 206 valence electrons. The highest BCUT2D eigenvalue weighted by Gasteiger charge is 2.49. The van der Waals surface area contributed by atoms with E-state index >= 15 is 0 Å². The zero-order valence-electron chi connectivity index (χ0n) is 23.4. The Balaban J connectivity index is 1.47. The maximum Gasteiger partial charge on any atom is 0.435 e. The summed E-state index contributed by atoms with van der Waals surface area (Å²) < 4.78 is 17.7. The number of carbonyl (C=O) groups excluding carboxylic acids is 3. The van der Waals surface area contributed by atoms with Crippen LogP contribution in [0.2, 0.25) is 0 Å². The Morgan fingerprint density at radius 3 is 2.13 bits per heavy atom. The molecule has 2 aliphatic rings. The number of anilines is 1. The molecule has 0 bridgehead atoms. The molecule has 0 N–H and O–H groups in total. The molecule has 10 nitrogen and oxygen atoms in total. The Kier molecular flexibility index (Phi) is 7.20. The minimum Gasteiger partial charge on any atom is -0.496 e. The number of likely N-dealkylation sites (tertiary alicyclic amines) is 1. The highest BCUT2D eigenvalue weighted by molar-refractivity contribution is 6.00. The van der Waals surface area contributed by atoms with E-state index in [2.05, 4.69) is 5.10 Å². The number of aromatic nitrogens is 2. The van der Waals surface area contributed by atoms with Gasteiger partial charge in [0.25, 0.3) is 0 Å². The van der Waals surface area contributed by atoms with Crippen LogP contribution in [0.25, 0.3) is 11.1 Å². The van der Waals surface area contributed by atoms with E-state index in [1.54, 1.807) is 50.1 Å². The minimum absolute atomic E-state index is 0.0777. The third kappa shape index (κ3) is 5.79. The van der Waals surface area contributed by atoms with Crippen LogP contribution in [-0.2, 0) is 14.3 Å². The van der Waals surface area contributed by atoms with E-state index in [1.165, 1.54) is 0 Å². The van der Waals surface area contributed by atoms with Crippen LogP contribution in [0.5, 0.6) is 5.75 Å². The van der Waals surface area contributed by atoms with E-state index in [0.29, 0.717) is 43.8 Å². The SMILES string of the molecule is COc1cc(N2CCC3(CCN(C(=O)OC(C)(C)C)CC3)C2=O)ccc1-c1cnn(C(=O)OC(C)(C)C)c1. The Labute approximate surface area is 223 Å². The number of ether oxygens (including phenoxy) is 3. The van der Waals surface area contributed by atoms with Crippen LogP contribution in [0.4, 0.5) is 15.3 Å². The van der Waals surface area contributed by atoms with Crippen molar-refractivity contribution in [2.24, 2.45) is 5.41 Å². The van der Waals surface area contributed by atoms with Crippen LogP contribution in [0.15, 0.2) is 30.6 Å². The van der Waals surface area contributed by atoms with E-state index in [1.807, 2.05) is 39.0 Å². The molecule has 0 aliphatic carbocycles. The molecule has 1 aromatic heterocycles. The fourth-order valence-corrected chi connectivity index (χ4v) is 4.93. The zero-order chi connectivity index (χ0) is 27.9. The fraction of sp³-hybridized carbons (Fsp3) is 0.571. The highest BCUT2D eigenvalue weighted by Crippen LogP contribution is 2.44. The first kappa shape index (κ1) is 27.5. The standard InChI is InChI=1S/C28H38N4O6/c1-26(2,3)37-24(34)30-13-10-28(11-14-30)12-15-31(23(28)33)20-8-9-21(22(16-20)36-7)19-17-29-32(18-19)25(35)38-27(4,5)6/h8-9,16-18H,10-15H2,1-7H3. The molecule has 0 unspecified atom stereocenters. The average Bonchev–Trinajstić information content (AvgIpc) is 3.43. The first-order valence-electron chi connectivity index (χ1n) is 13.0. The normalized spacial score (nSPS) is 17.6. The molecule has 2 aliphatic heterocycles. The van der Waals surface area contributed by atoms with Gasteiger partial charge in [0.2, 0.25) is 5.91 Å². The van der Waals surface area contributed by atoms with E-state index in [-0.39, 0.29) is 12.0 Å². The summed E-state index contributed by atoms with van der Waals surface area (Å²) in [6.07, 6.45) is 4.24. The molecule has 0 atom stereocenters. The Hall–Kier alpha value is -3.56. The maximum atomic E-state index is 13.6. The summed E-state index contributed by atoms with van der Waals surface area (Å²) in [4.78, 5) is 42.0. The third-order valence-electron chi connectivity index (χ3n) is 6.86. The zero-order valence-corrected chi connectivity index (χ0v) is 23.4. The number of methoxy groups -OCH3 is 1. The van der Waals surface area contributed by atoms with Gasteiger partial charge in [-0.2, -0.15) is 9.78 Å². The van der Waals surface area contributed by atoms with Crippen molar-refractivity contribution in [2.75, 3.05) is 31.6 Å². The van der Waals surface area contributed by atoms with Crippen molar-refractivity contribution in [1.29, 1.82) is 0 Å². The molecular formula is C28H38N4O6. The summed E-state index contributed by atoms with van der Waals surface area (Å²) in [6, 6.07) is 5.59. The van der Waals surface area contributed by atoms with Gasteiger partial charge in [0.05, 0.1) is 18.7 Å². The van der Waals surface area contributed by atoms with Gasteiger partial charge in [0, 0.05) is 48.7 Å². The summed E-state index contributed by atoms with van der Waals surface area (Å²) in [6.45, 7) is 12.5. The van der Waals surface area contributed by atoms with E-state index in [4.69, 9.17) is 14.2 Å². The lowest BCUT2D eigenvalue weighted by atomic mass is 9.77. The van der Waals surface area contributed by atoms with Gasteiger partial charge in [-0.1, -0.05) is 0 Å². The quantitative estimate of drug-likeness (QED) is 0.548. The summed E-state index contributed by atoms with van der Waals surface area (Å²) in [5.74, 6) is 0.647. The Morgan fingerprint density at radius 1 is 0.921 bits per heavy atom. The first-order chi connectivity index (χ1) is 17.7. The van der Waals surface area contributed by atoms with Crippen LogP contribution < -0.4 is 9.64 Å². The van der Waals surface area contributed by atoms with Crippen molar-refractivity contribution >= 4 is 23.8 Å². The molecule has 1 aromatic carbocycles. The smallest absolute Gasteiger partial charge is 0.435 e. The summed E-state index contributed by atoms with van der Waals surface area (Å²) in [5, 5.41) is 4.14. The number of carbonyl (C=O) groups is 3. The van der Waals surface area contributed by atoms with Crippen molar-refractivity contribution in [2.45, 2.75) is 72.0 Å². The lowest BCUT2D eigenvalue weighted by Gasteiger charge is -2.38. The van der Waals surface area contributed by atoms with E-state index < -0.39 is 22.7 Å². The van der Waals surface area contributed by atoms with Gasteiger partial charge >= 0.3 is 12.2 Å². The average molecular weight is 527 g/mol. The largest absolute Gasteiger partial charge is 0.496 e. The van der Waals surface area contributed by atoms with Gasteiger partial charge in [-0.3, -0.25) is 4.79 Å². The third-order valence-corrected chi connectivity index (χ3v) is 6.86. The number of benzene rings is 1. The summed E-state index contributed by atoms with van der Waals surface area (Å²) in [5.41, 5.74) is 0.539. The molecule has 3 heterocycles. The van der Waals surface area contributed by atoms with Crippen molar-refractivity contribution in [3.63, 3.8) is 0 Å². The first-order valence-corrected chi connectivity index (χ1v) is 13.0. The second-order valence-electron chi connectivity index (χ2n) is 12.0. The van der Waals surface area contributed by atoms with Crippen LogP contribution in [-0.4, -0.2) is 70.7 Å². The Morgan fingerprint density at radius 2 is 1.53 bits per heavy atom. The summed E-state index contributed by atoms with van der Waals surface area (Å²) >= 11 is 0. The molecule has 2 fully saturated rings. The molecule has 10 heteroatoms. The number of piperidine rings is 1. The lowest BCUT2D eigenvalue weighted by Crippen LogP contribution is -2.48. The lowest BCUT2D eigenvalue weighted by molar-refractivity contribution is -0.128. The second-order valence-corrected chi connectivity index (χ2v) is 12.0. The topological polar surface area (TPSA) is 103 Å². The van der Waals surface area contributed by atoms with E-state index in [9.17, 15) is 14.4 Å². The molecule has 38 heavy (non-hydrogen) atoms. The van der Waals surface area contributed by atoms with Crippen LogP contribution in [0.3, 0.4) is 0 Å². The van der Waals surface area contributed by atoms with Gasteiger partial charge < -0.3 is 24.0 Å². The van der Waals surface area contributed by atoms with Crippen LogP contribution >= 0.6 is 0 Å². The maximum absolute atomic E-state index is 13.6. The van der Waals surface area contributed by atoms with Gasteiger partial charge in [0.1, 0.15) is 17.0 Å². The van der Waals surface area contributed by atoms with Crippen molar-refractivity contribution in [3.05, 3.63) is 30.6 Å². The van der Waals surface area contributed by atoms with Gasteiger partial charge in [-0.25, -0.2) is 9.59 Å².